The largest absolute Gasteiger partial charge is 0.497 e. The third-order valence-electron chi connectivity index (χ3n) is 3.49. The van der Waals surface area contributed by atoms with E-state index in [0.717, 1.165) is 34.1 Å². The molecule has 100 valence electrons. The molecule has 0 aliphatic carbocycles. The van der Waals surface area contributed by atoms with Gasteiger partial charge in [0.05, 0.1) is 7.11 Å². The summed E-state index contributed by atoms with van der Waals surface area (Å²) in [5.74, 6) is 3.16. The Morgan fingerprint density at radius 1 is 1.42 bits per heavy atom. The molecule has 0 amide bonds. The lowest BCUT2D eigenvalue weighted by Gasteiger charge is -2.12. The van der Waals surface area contributed by atoms with Crippen LogP contribution < -0.4 is 10.1 Å². The van der Waals surface area contributed by atoms with Gasteiger partial charge < -0.3 is 10.1 Å². The number of methoxy groups -OCH3 is 1. The molecule has 1 aromatic carbocycles. The van der Waals surface area contributed by atoms with Gasteiger partial charge >= 0.3 is 0 Å². The quantitative estimate of drug-likeness (QED) is 0.924. The van der Waals surface area contributed by atoms with Gasteiger partial charge in [-0.25, -0.2) is 4.98 Å². The van der Waals surface area contributed by atoms with Crippen molar-refractivity contribution in [1.82, 2.24) is 4.98 Å². The first kappa shape index (κ1) is 12.6. The van der Waals surface area contributed by atoms with Gasteiger partial charge in [-0.2, -0.15) is 11.8 Å². The average molecular weight is 274 g/mol. The Hall–Kier alpha value is -1.42. The molecule has 3 rings (SSSR count). The summed E-state index contributed by atoms with van der Waals surface area (Å²) in [5.41, 5.74) is 0. The second-order valence-corrected chi connectivity index (χ2v) is 6.17. The zero-order chi connectivity index (χ0) is 13.1. The normalized spacial score (nSPS) is 18.7. The highest BCUT2D eigenvalue weighted by Crippen LogP contribution is 2.28. The van der Waals surface area contributed by atoms with Gasteiger partial charge in [-0.15, -0.1) is 0 Å². The van der Waals surface area contributed by atoms with E-state index < -0.39 is 0 Å². The van der Waals surface area contributed by atoms with E-state index in [1.807, 2.05) is 24.4 Å². The number of rotatable bonds is 4. The molecule has 1 atom stereocenters. The number of hydrogen-bond acceptors (Lipinski definition) is 4. The number of pyridine rings is 1. The van der Waals surface area contributed by atoms with Crippen molar-refractivity contribution in [1.29, 1.82) is 0 Å². The van der Waals surface area contributed by atoms with Crippen LogP contribution in [-0.4, -0.2) is 29.6 Å². The summed E-state index contributed by atoms with van der Waals surface area (Å²) < 4.78 is 5.26. The smallest absolute Gasteiger partial charge is 0.133 e. The molecule has 19 heavy (non-hydrogen) atoms. The maximum atomic E-state index is 5.26. The van der Waals surface area contributed by atoms with Crippen LogP contribution >= 0.6 is 11.8 Å². The number of aromatic nitrogens is 1. The fourth-order valence-electron chi connectivity index (χ4n) is 2.44. The summed E-state index contributed by atoms with van der Waals surface area (Å²) in [4.78, 5) is 4.46. The number of ether oxygens (including phenoxy) is 1. The van der Waals surface area contributed by atoms with Gasteiger partial charge in [0.1, 0.15) is 11.6 Å². The van der Waals surface area contributed by atoms with Crippen LogP contribution in [0.5, 0.6) is 5.75 Å². The minimum absolute atomic E-state index is 0.732. The van der Waals surface area contributed by atoms with Crippen molar-refractivity contribution in [3.63, 3.8) is 0 Å². The van der Waals surface area contributed by atoms with Crippen LogP contribution in [0.1, 0.15) is 12.8 Å². The third kappa shape index (κ3) is 2.78. The van der Waals surface area contributed by atoms with Crippen molar-refractivity contribution in [2.45, 2.75) is 18.1 Å². The van der Waals surface area contributed by atoms with Crippen LogP contribution in [0.15, 0.2) is 30.5 Å². The highest BCUT2D eigenvalue weighted by atomic mass is 32.2. The summed E-state index contributed by atoms with van der Waals surface area (Å²) in [6.45, 7) is 1.00. The fourth-order valence-corrected chi connectivity index (χ4v) is 3.64. The van der Waals surface area contributed by atoms with Gasteiger partial charge in [0, 0.05) is 23.4 Å². The third-order valence-corrected chi connectivity index (χ3v) is 4.89. The van der Waals surface area contributed by atoms with Crippen LogP contribution in [-0.2, 0) is 0 Å². The van der Waals surface area contributed by atoms with Gasteiger partial charge in [0.15, 0.2) is 0 Å². The van der Waals surface area contributed by atoms with Gasteiger partial charge in [-0.1, -0.05) is 0 Å². The van der Waals surface area contributed by atoms with Gasteiger partial charge in [0.25, 0.3) is 0 Å². The summed E-state index contributed by atoms with van der Waals surface area (Å²) in [7, 11) is 1.69. The van der Waals surface area contributed by atoms with Crippen molar-refractivity contribution < 1.29 is 4.74 Å². The van der Waals surface area contributed by atoms with Gasteiger partial charge in [-0.3, -0.25) is 0 Å². The molecule has 2 aromatic rings. The molecule has 1 fully saturated rings. The summed E-state index contributed by atoms with van der Waals surface area (Å²) in [6, 6.07) is 8.13. The van der Waals surface area contributed by atoms with E-state index in [1.165, 1.54) is 18.6 Å². The number of anilines is 1. The predicted molar refractivity (Wildman–Crippen MR) is 82.3 cm³/mol. The molecule has 1 aliphatic rings. The van der Waals surface area contributed by atoms with E-state index in [9.17, 15) is 0 Å². The molecule has 0 saturated carbocycles. The molecular weight excluding hydrogens is 256 g/mol. The second kappa shape index (κ2) is 5.70. The van der Waals surface area contributed by atoms with E-state index >= 15 is 0 Å². The van der Waals surface area contributed by atoms with Crippen LogP contribution in [0.25, 0.3) is 10.8 Å². The van der Waals surface area contributed by atoms with Gasteiger partial charge in [-0.05, 0) is 48.2 Å². The van der Waals surface area contributed by atoms with Crippen molar-refractivity contribution >= 4 is 28.4 Å². The van der Waals surface area contributed by atoms with Crippen molar-refractivity contribution in [2.75, 3.05) is 24.7 Å². The summed E-state index contributed by atoms with van der Waals surface area (Å²) >= 11 is 2.06. The molecule has 2 heterocycles. The molecule has 1 aliphatic heterocycles. The maximum absolute atomic E-state index is 5.26. The summed E-state index contributed by atoms with van der Waals surface area (Å²) in [6.07, 6.45) is 4.51. The number of hydrogen-bond donors (Lipinski definition) is 1. The minimum Gasteiger partial charge on any atom is -0.497 e. The number of benzene rings is 1. The zero-order valence-corrected chi connectivity index (χ0v) is 11.9. The van der Waals surface area contributed by atoms with Crippen molar-refractivity contribution in [3.05, 3.63) is 30.5 Å². The van der Waals surface area contributed by atoms with Gasteiger partial charge in [0.2, 0.25) is 0 Å². The lowest BCUT2D eigenvalue weighted by atomic mass is 10.1. The van der Waals surface area contributed by atoms with Crippen LogP contribution in [0.2, 0.25) is 0 Å². The minimum atomic E-state index is 0.732. The Morgan fingerprint density at radius 2 is 2.37 bits per heavy atom. The number of thioether (sulfide) groups is 1. The van der Waals surface area contributed by atoms with Crippen LogP contribution in [0.3, 0.4) is 0 Å². The van der Waals surface area contributed by atoms with E-state index in [1.54, 1.807) is 7.11 Å². The first-order valence-corrected chi connectivity index (χ1v) is 7.70. The molecule has 1 unspecified atom stereocenters. The van der Waals surface area contributed by atoms with Crippen LogP contribution in [0.4, 0.5) is 5.82 Å². The highest BCUT2D eigenvalue weighted by Gasteiger charge is 2.15. The Balaban J connectivity index is 1.82. The molecule has 1 saturated heterocycles. The molecule has 0 spiro atoms. The zero-order valence-electron chi connectivity index (χ0n) is 11.1. The lowest BCUT2D eigenvalue weighted by Crippen LogP contribution is -2.14. The molecule has 3 nitrogen and oxygen atoms in total. The standard InChI is InChI=1S/C15H18N2OS/c1-18-12-4-5-14-11(9-12)6-7-16-15(14)17-10-13-3-2-8-19-13/h4-7,9,13H,2-3,8,10H2,1H3,(H,16,17). The topological polar surface area (TPSA) is 34.1 Å². The number of nitrogens with zero attached hydrogens (tertiary/aromatic N) is 1. The Morgan fingerprint density at radius 3 is 3.16 bits per heavy atom. The molecule has 1 N–H and O–H groups in total. The predicted octanol–water partition coefficient (Wildman–Crippen LogP) is 3.55. The molecule has 4 heteroatoms. The van der Waals surface area contributed by atoms with E-state index in [-0.39, 0.29) is 0 Å². The Labute approximate surface area is 117 Å². The molecule has 1 aromatic heterocycles. The lowest BCUT2D eigenvalue weighted by molar-refractivity contribution is 0.415. The number of nitrogens with one attached hydrogen (secondary N) is 1. The van der Waals surface area contributed by atoms with E-state index in [4.69, 9.17) is 4.74 Å². The van der Waals surface area contributed by atoms with Crippen molar-refractivity contribution in [2.24, 2.45) is 0 Å². The Bertz CT molecular complexity index is 567. The van der Waals surface area contributed by atoms with Crippen LogP contribution in [0, 0.1) is 0 Å². The fraction of sp³-hybridized carbons (Fsp3) is 0.400. The van der Waals surface area contributed by atoms with E-state index in [0.29, 0.717) is 0 Å². The monoisotopic (exact) mass is 274 g/mol. The second-order valence-electron chi connectivity index (χ2n) is 4.76. The van der Waals surface area contributed by atoms with E-state index in [2.05, 4.69) is 28.1 Å². The Kier molecular flexibility index (Phi) is 3.78. The highest BCUT2D eigenvalue weighted by molar-refractivity contribution is 8.00. The summed E-state index contributed by atoms with van der Waals surface area (Å²) in [5, 5.41) is 6.55. The molecular formula is C15H18N2OS. The average Bonchev–Trinajstić information content (AvgIpc) is 2.97. The molecule has 0 bridgehead atoms. The maximum Gasteiger partial charge on any atom is 0.133 e. The first-order valence-electron chi connectivity index (χ1n) is 6.65. The number of fused-ring (bicyclic) bond motifs is 1. The van der Waals surface area contributed by atoms with Crippen molar-refractivity contribution in [3.8, 4) is 5.75 Å². The molecule has 0 radical (unpaired) electrons. The first-order chi connectivity index (χ1) is 9.36. The SMILES string of the molecule is COc1ccc2c(NCC3CCCS3)nccc2c1.